The maximum absolute atomic E-state index is 12.7. The van der Waals surface area contributed by atoms with Crippen LogP contribution in [0.15, 0.2) is 48.8 Å². The summed E-state index contributed by atoms with van der Waals surface area (Å²) < 4.78 is 112. The van der Waals surface area contributed by atoms with E-state index in [-0.39, 0.29) is 43.1 Å². The number of hydrogen-bond acceptors (Lipinski definition) is 2. The first-order chi connectivity index (χ1) is 14.6. The molecular formula is C20H11F9IrN2O-2. The Bertz CT molecular complexity index is 1040. The van der Waals surface area contributed by atoms with Gasteiger partial charge in [-0.25, -0.2) is 0 Å². The third kappa shape index (κ3) is 8.01. The van der Waals surface area contributed by atoms with Crippen LogP contribution in [-0.4, -0.2) is 10.8 Å². The summed E-state index contributed by atoms with van der Waals surface area (Å²) in [5.41, 5.74) is -4.26. The van der Waals surface area contributed by atoms with E-state index in [1.54, 1.807) is 0 Å². The maximum Gasteiger partial charge on any atom is 0.414 e. The molecule has 0 amide bonds. The van der Waals surface area contributed by atoms with Crippen LogP contribution in [0.3, 0.4) is 0 Å². The van der Waals surface area contributed by atoms with E-state index in [1.807, 2.05) is 6.07 Å². The molecule has 1 radical (unpaired) electrons. The third-order valence-corrected chi connectivity index (χ3v) is 3.77. The van der Waals surface area contributed by atoms with Gasteiger partial charge in [0.25, 0.3) is 0 Å². The monoisotopic (exact) mass is 659 g/mol. The number of rotatable bonds is 2. The molecular weight excluding hydrogens is 647 g/mol. The van der Waals surface area contributed by atoms with Gasteiger partial charge in [-0.1, -0.05) is 23.9 Å². The Morgan fingerprint density at radius 2 is 1.48 bits per heavy atom. The van der Waals surface area contributed by atoms with Crippen LogP contribution in [0.4, 0.5) is 39.5 Å². The average molecular weight is 659 g/mol. The molecule has 3 rings (SSSR count). The number of pyridine rings is 1. The molecule has 2 heterocycles. The van der Waals surface area contributed by atoms with Crippen LogP contribution in [0.5, 0.6) is 0 Å². The minimum Gasteiger partial charge on any atom is -0.661 e. The number of aromatic nitrogens is 2. The second-order valence-electron chi connectivity index (χ2n) is 6.20. The van der Waals surface area contributed by atoms with Crippen molar-refractivity contribution in [2.45, 2.75) is 25.5 Å². The van der Waals surface area contributed by atoms with Gasteiger partial charge in [-0.3, -0.25) is 4.79 Å². The van der Waals surface area contributed by atoms with E-state index in [0.29, 0.717) is 12.3 Å². The quantitative estimate of drug-likeness (QED) is 0.181. The van der Waals surface area contributed by atoms with Gasteiger partial charge < -0.3 is 9.97 Å². The number of alkyl halides is 9. The van der Waals surface area contributed by atoms with Crippen molar-refractivity contribution < 1.29 is 64.4 Å². The first-order valence-corrected chi connectivity index (χ1v) is 8.43. The zero-order chi connectivity index (χ0) is 24.3. The SMILES string of the molecule is CC(=O)c1cc(C(F)(F)F)c[n-]1.FC(F)(F)c1[c-]c(-c2ccccn2)cc(C(F)(F)F)c1.[Ir]. The molecule has 0 bridgehead atoms. The zero-order valence-corrected chi connectivity index (χ0v) is 18.6. The normalized spacial score (nSPS) is 11.8. The topological polar surface area (TPSA) is 44.1 Å². The van der Waals surface area contributed by atoms with Gasteiger partial charge in [0.2, 0.25) is 0 Å². The van der Waals surface area contributed by atoms with Crippen LogP contribution >= 0.6 is 0 Å². The summed E-state index contributed by atoms with van der Waals surface area (Å²) in [7, 11) is 0. The molecule has 181 valence electrons. The third-order valence-electron chi connectivity index (χ3n) is 3.77. The molecule has 0 aliphatic rings. The minimum atomic E-state index is -4.91. The predicted molar refractivity (Wildman–Crippen MR) is 93.3 cm³/mol. The second-order valence-corrected chi connectivity index (χ2v) is 6.20. The van der Waals surface area contributed by atoms with Crippen molar-refractivity contribution in [1.29, 1.82) is 0 Å². The Kier molecular flexibility index (Phi) is 9.04. The molecule has 33 heavy (non-hydrogen) atoms. The molecule has 0 saturated heterocycles. The Morgan fingerprint density at radius 1 is 0.879 bits per heavy atom. The van der Waals surface area contributed by atoms with Crippen LogP contribution in [-0.2, 0) is 38.6 Å². The Hall–Kier alpha value is -2.66. The molecule has 0 unspecified atom stereocenters. The second kappa shape index (κ2) is 10.5. The van der Waals surface area contributed by atoms with Crippen LogP contribution in [0.25, 0.3) is 11.3 Å². The van der Waals surface area contributed by atoms with Crippen molar-refractivity contribution in [2.75, 3.05) is 0 Å². The van der Waals surface area contributed by atoms with Gasteiger partial charge in [0.15, 0.2) is 0 Å². The molecule has 3 aromatic rings. The number of carbonyl (C=O) groups is 1. The van der Waals surface area contributed by atoms with E-state index in [4.69, 9.17) is 0 Å². The van der Waals surface area contributed by atoms with E-state index < -0.39 is 41.0 Å². The Labute approximate surface area is 194 Å². The number of ketones is 1. The van der Waals surface area contributed by atoms with Gasteiger partial charge >= 0.3 is 18.5 Å². The van der Waals surface area contributed by atoms with Crippen molar-refractivity contribution in [3.8, 4) is 11.3 Å². The molecule has 0 atom stereocenters. The molecule has 0 spiro atoms. The minimum absolute atomic E-state index is 0. The fourth-order valence-corrected chi connectivity index (χ4v) is 2.25. The molecule has 0 N–H and O–H groups in total. The molecule has 3 nitrogen and oxygen atoms in total. The fourth-order valence-electron chi connectivity index (χ4n) is 2.25. The zero-order valence-electron chi connectivity index (χ0n) is 16.2. The summed E-state index contributed by atoms with van der Waals surface area (Å²) in [5.74, 6) is -0.467. The molecule has 0 aliphatic carbocycles. The summed E-state index contributed by atoms with van der Waals surface area (Å²) in [6.45, 7) is 1.17. The molecule has 0 aliphatic heterocycles. The average Bonchev–Trinajstić information content (AvgIpc) is 3.19. The smallest absolute Gasteiger partial charge is 0.414 e. The fraction of sp³-hybridized carbons (Fsp3) is 0.200. The number of hydrogen-bond donors (Lipinski definition) is 0. The molecule has 1 aromatic carbocycles. The summed E-state index contributed by atoms with van der Waals surface area (Å²) in [5, 5.41) is 0. The number of halogens is 9. The van der Waals surface area contributed by atoms with Crippen LogP contribution in [0, 0.1) is 6.07 Å². The van der Waals surface area contributed by atoms with Crippen LogP contribution < -0.4 is 4.98 Å². The van der Waals surface area contributed by atoms with Gasteiger partial charge in [-0.05, 0) is 29.8 Å². The number of nitrogens with zero attached hydrogens (tertiary/aromatic N) is 2. The van der Waals surface area contributed by atoms with Gasteiger partial charge in [-0.2, -0.15) is 45.7 Å². The summed E-state index contributed by atoms with van der Waals surface area (Å²) in [4.78, 5) is 17.6. The summed E-state index contributed by atoms with van der Waals surface area (Å²) in [6.07, 6.45) is -12.3. The first kappa shape index (κ1) is 28.4. The van der Waals surface area contributed by atoms with E-state index in [1.165, 1.54) is 31.3 Å². The van der Waals surface area contributed by atoms with Gasteiger partial charge in [-0.15, -0.1) is 23.8 Å². The van der Waals surface area contributed by atoms with Crippen molar-refractivity contribution in [3.05, 3.63) is 77.2 Å². The standard InChI is InChI=1S/C13H6F6N.C7H6F3NO.Ir/c14-12(15,16)9-5-8(11-3-1-2-4-20-11)6-10(7-9)13(17,18)19;1-4(12)6-2-5(3-11-6)7(8,9)10;/h1-5,7H;2-3H,1H3,(H,11,12);/q-1;;/p-1. The van der Waals surface area contributed by atoms with E-state index >= 15 is 0 Å². The van der Waals surface area contributed by atoms with Crippen molar-refractivity contribution in [1.82, 2.24) is 9.97 Å². The summed E-state index contributed by atoms with van der Waals surface area (Å²) in [6, 6.07) is 7.57. The van der Waals surface area contributed by atoms with Crippen molar-refractivity contribution in [2.24, 2.45) is 0 Å². The predicted octanol–water partition coefficient (Wildman–Crippen LogP) is 6.45. The maximum atomic E-state index is 12.7. The summed E-state index contributed by atoms with van der Waals surface area (Å²) >= 11 is 0. The van der Waals surface area contributed by atoms with Crippen molar-refractivity contribution >= 4 is 5.78 Å². The Morgan fingerprint density at radius 3 is 1.88 bits per heavy atom. The van der Waals surface area contributed by atoms with Gasteiger partial charge in [0.05, 0.1) is 0 Å². The Balaban J connectivity index is 0.000000361. The van der Waals surface area contributed by atoms with E-state index in [0.717, 1.165) is 6.07 Å². The molecule has 0 fully saturated rings. The molecule has 2 aromatic heterocycles. The number of benzene rings is 1. The molecule has 13 heteroatoms. The van der Waals surface area contributed by atoms with E-state index in [9.17, 15) is 44.3 Å². The van der Waals surface area contributed by atoms with E-state index in [2.05, 4.69) is 9.97 Å². The number of carbonyl (C=O) groups excluding carboxylic acids is 1. The van der Waals surface area contributed by atoms with Crippen LogP contribution in [0.2, 0.25) is 0 Å². The van der Waals surface area contributed by atoms with Crippen LogP contribution in [0.1, 0.15) is 34.1 Å². The van der Waals surface area contributed by atoms with Gasteiger partial charge in [0.1, 0.15) is 5.78 Å². The first-order valence-electron chi connectivity index (χ1n) is 8.43. The van der Waals surface area contributed by atoms with Gasteiger partial charge in [0, 0.05) is 31.9 Å². The molecule has 0 saturated carbocycles. The largest absolute Gasteiger partial charge is 0.661 e. The number of Topliss-reactive ketones (excluding diaryl/α,β-unsaturated/α-hetero) is 1. The van der Waals surface area contributed by atoms with Crippen molar-refractivity contribution in [3.63, 3.8) is 0 Å².